The molecular formula is C21H22F3NO4. The van der Waals surface area contributed by atoms with Crippen LogP contribution in [0.2, 0.25) is 0 Å². The van der Waals surface area contributed by atoms with Crippen LogP contribution in [0.4, 0.5) is 13.2 Å². The molecule has 0 fully saturated rings. The van der Waals surface area contributed by atoms with Crippen LogP contribution in [0.1, 0.15) is 33.2 Å². The number of methoxy groups -OCH3 is 2. The van der Waals surface area contributed by atoms with Crippen LogP contribution in [-0.2, 0) is 12.6 Å². The third kappa shape index (κ3) is 5.29. The van der Waals surface area contributed by atoms with Crippen LogP contribution in [0.25, 0.3) is 0 Å². The molecule has 0 radical (unpaired) electrons. The second kappa shape index (κ2) is 9.47. The van der Waals surface area contributed by atoms with E-state index in [4.69, 9.17) is 9.47 Å². The molecular weight excluding hydrogens is 387 g/mol. The number of amides is 1. The number of carbonyl (C=O) groups excluding carboxylic acids is 1. The van der Waals surface area contributed by atoms with Gasteiger partial charge in [0.2, 0.25) is 0 Å². The number of allylic oxidation sites excluding steroid dienone is 1. The summed E-state index contributed by atoms with van der Waals surface area (Å²) in [5, 5.41) is 12.7. The standard InChI is InChI=1S/C21H22F3NO4/c1-4-7-13-10-14(11-18(28-2)19(13)29-3)20(27)25-12-17(26)15-8-5-6-9-16(15)21(22,23)24/h4-6,8-11,17,26H,1,7,12H2,2-3H3,(H,25,27). The average Bonchev–Trinajstić information content (AvgIpc) is 2.70. The zero-order chi connectivity index (χ0) is 21.6. The largest absolute Gasteiger partial charge is 0.493 e. The minimum atomic E-state index is -4.61. The Hall–Kier alpha value is -3.00. The molecule has 2 rings (SSSR count). The molecule has 0 aromatic heterocycles. The average molecular weight is 409 g/mol. The van der Waals surface area contributed by atoms with E-state index in [1.807, 2.05) is 0 Å². The van der Waals surface area contributed by atoms with E-state index in [-0.39, 0.29) is 11.1 Å². The first-order chi connectivity index (χ1) is 13.7. The number of aliphatic hydroxyl groups excluding tert-OH is 1. The first-order valence-electron chi connectivity index (χ1n) is 8.71. The highest BCUT2D eigenvalue weighted by molar-refractivity contribution is 5.95. The predicted molar refractivity (Wildman–Crippen MR) is 102 cm³/mol. The maximum absolute atomic E-state index is 13.1. The van der Waals surface area contributed by atoms with E-state index in [0.29, 0.717) is 23.5 Å². The summed E-state index contributed by atoms with van der Waals surface area (Å²) in [6.07, 6.45) is -4.08. The number of hydrogen-bond acceptors (Lipinski definition) is 4. The van der Waals surface area contributed by atoms with Crippen molar-refractivity contribution >= 4 is 5.91 Å². The van der Waals surface area contributed by atoms with Crippen molar-refractivity contribution in [2.45, 2.75) is 18.7 Å². The summed E-state index contributed by atoms with van der Waals surface area (Å²) in [5.41, 5.74) is -0.369. The van der Waals surface area contributed by atoms with Crippen LogP contribution in [0.3, 0.4) is 0 Å². The molecule has 0 heterocycles. The molecule has 0 aliphatic carbocycles. The summed E-state index contributed by atoms with van der Waals surface area (Å²) >= 11 is 0. The lowest BCUT2D eigenvalue weighted by molar-refractivity contribution is -0.139. The maximum atomic E-state index is 13.1. The Morgan fingerprint density at radius 2 is 1.93 bits per heavy atom. The highest BCUT2D eigenvalue weighted by Gasteiger charge is 2.34. The van der Waals surface area contributed by atoms with Gasteiger partial charge in [0, 0.05) is 17.7 Å². The number of halogens is 3. The molecule has 156 valence electrons. The molecule has 0 spiro atoms. The fourth-order valence-electron chi connectivity index (χ4n) is 2.93. The Bertz CT molecular complexity index is 881. The van der Waals surface area contributed by atoms with E-state index in [9.17, 15) is 23.1 Å². The van der Waals surface area contributed by atoms with E-state index in [1.165, 1.54) is 38.5 Å². The summed E-state index contributed by atoms with van der Waals surface area (Å²) in [5.74, 6) is 0.225. The van der Waals surface area contributed by atoms with Gasteiger partial charge in [0.15, 0.2) is 11.5 Å². The maximum Gasteiger partial charge on any atom is 0.416 e. The molecule has 29 heavy (non-hydrogen) atoms. The van der Waals surface area contributed by atoms with Crippen molar-refractivity contribution in [3.05, 3.63) is 71.3 Å². The summed E-state index contributed by atoms with van der Waals surface area (Å²) < 4.78 is 49.9. The number of alkyl halides is 3. The zero-order valence-corrected chi connectivity index (χ0v) is 16.0. The molecule has 0 saturated carbocycles. The number of carbonyl (C=O) groups is 1. The molecule has 1 amide bonds. The Morgan fingerprint density at radius 1 is 1.24 bits per heavy atom. The smallest absolute Gasteiger partial charge is 0.416 e. The van der Waals surface area contributed by atoms with Gasteiger partial charge in [0.1, 0.15) is 0 Å². The lowest BCUT2D eigenvalue weighted by atomic mass is 10.0. The fourth-order valence-corrected chi connectivity index (χ4v) is 2.93. The molecule has 0 aliphatic rings. The SMILES string of the molecule is C=CCc1cc(C(=O)NCC(O)c2ccccc2C(F)(F)F)cc(OC)c1OC. The Morgan fingerprint density at radius 3 is 2.52 bits per heavy atom. The minimum absolute atomic E-state index is 0.218. The third-order valence-electron chi connectivity index (χ3n) is 4.26. The van der Waals surface area contributed by atoms with Gasteiger partial charge < -0.3 is 19.9 Å². The van der Waals surface area contributed by atoms with Crippen molar-refractivity contribution in [3.8, 4) is 11.5 Å². The van der Waals surface area contributed by atoms with Crippen molar-refractivity contribution in [2.75, 3.05) is 20.8 Å². The van der Waals surface area contributed by atoms with Gasteiger partial charge in [0.25, 0.3) is 5.91 Å². The fraction of sp³-hybridized carbons (Fsp3) is 0.286. The Kier molecular flexibility index (Phi) is 7.28. The molecule has 0 aliphatic heterocycles. The van der Waals surface area contributed by atoms with Crippen molar-refractivity contribution < 1.29 is 32.5 Å². The molecule has 2 aromatic carbocycles. The summed E-state index contributed by atoms with van der Waals surface area (Å²) in [7, 11) is 2.90. The van der Waals surface area contributed by atoms with E-state index >= 15 is 0 Å². The quantitative estimate of drug-likeness (QED) is 0.649. The first-order valence-corrected chi connectivity index (χ1v) is 8.71. The molecule has 2 aromatic rings. The van der Waals surface area contributed by atoms with E-state index in [1.54, 1.807) is 12.1 Å². The minimum Gasteiger partial charge on any atom is -0.493 e. The van der Waals surface area contributed by atoms with Gasteiger partial charge in [-0.25, -0.2) is 0 Å². The van der Waals surface area contributed by atoms with Gasteiger partial charge in [-0.3, -0.25) is 4.79 Å². The van der Waals surface area contributed by atoms with Crippen molar-refractivity contribution in [3.63, 3.8) is 0 Å². The second-order valence-corrected chi connectivity index (χ2v) is 6.17. The van der Waals surface area contributed by atoms with E-state index in [2.05, 4.69) is 11.9 Å². The summed E-state index contributed by atoms with van der Waals surface area (Å²) in [6, 6.07) is 7.73. The molecule has 0 saturated heterocycles. The van der Waals surface area contributed by atoms with Crippen molar-refractivity contribution in [1.82, 2.24) is 5.32 Å². The summed E-state index contributed by atoms with van der Waals surface area (Å²) in [6.45, 7) is 3.27. The number of rotatable bonds is 8. The number of ether oxygens (including phenoxy) is 2. The third-order valence-corrected chi connectivity index (χ3v) is 4.26. The summed E-state index contributed by atoms with van der Waals surface area (Å²) in [4.78, 5) is 12.5. The Labute approximate surface area is 166 Å². The van der Waals surface area contributed by atoms with Gasteiger partial charge >= 0.3 is 6.18 Å². The lowest BCUT2D eigenvalue weighted by Gasteiger charge is -2.18. The van der Waals surface area contributed by atoms with Crippen LogP contribution < -0.4 is 14.8 Å². The number of aliphatic hydroxyl groups is 1. The Balaban J connectivity index is 2.21. The monoisotopic (exact) mass is 409 g/mol. The predicted octanol–water partition coefficient (Wildman–Crippen LogP) is 3.91. The van der Waals surface area contributed by atoms with Crippen LogP contribution in [0, 0.1) is 0 Å². The van der Waals surface area contributed by atoms with Gasteiger partial charge in [-0.05, 0) is 30.2 Å². The van der Waals surface area contributed by atoms with Crippen LogP contribution in [-0.4, -0.2) is 31.8 Å². The van der Waals surface area contributed by atoms with Gasteiger partial charge in [-0.2, -0.15) is 13.2 Å². The normalized spacial score (nSPS) is 12.2. The first kappa shape index (κ1) is 22.3. The zero-order valence-electron chi connectivity index (χ0n) is 16.0. The molecule has 8 heteroatoms. The molecule has 2 N–H and O–H groups in total. The van der Waals surface area contributed by atoms with Gasteiger partial charge in [-0.1, -0.05) is 24.3 Å². The topological polar surface area (TPSA) is 67.8 Å². The highest BCUT2D eigenvalue weighted by atomic mass is 19.4. The molecule has 5 nitrogen and oxygen atoms in total. The number of nitrogens with one attached hydrogen (secondary N) is 1. The van der Waals surface area contributed by atoms with Crippen LogP contribution in [0.15, 0.2) is 49.1 Å². The van der Waals surface area contributed by atoms with E-state index in [0.717, 1.165) is 6.07 Å². The molecule has 1 atom stereocenters. The van der Waals surface area contributed by atoms with Crippen molar-refractivity contribution in [1.29, 1.82) is 0 Å². The van der Waals surface area contributed by atoms with Gasteiger partial charge in [0.05, 0.1) is 25.9 Å². The molecule has 0 bridgehead atoms. The van der Waals surface area contributed by atoms with E-state index < -0.39 is 30.3 Å². The number of hydrogen-bond donors (Lipinski definition) is 2. The molecule has 1 unspecified atom stereocenters. The number of benzene rings is 2. The second-order valence-electron chi connectivity index (χ2n) is 6.17. The van der Waals surface area contributed by atoms with Crippen molar-refractivity contribution in [2.24, 2.45) is 0 Å². The van der Waals surface area contributed by atoms with Crippen LogP contribution >= 0.6 is 0 Å². The van der Waals surface area contributed by atoms with Gasteiger partial charge in [-0.15, -0.1) is 6.58 Å². The highest BCUT2D eigenvalue weighted by Crippen LogP contribution is 2.35. The van der Waals surface area contributed by atoms with Crippen LogP contribution in [0.5, 0.6) is 11.5 Å². The lowest BCUT2D eigenvalue weighted by Crippen LogP contribution is -2.29.